The number of allylic oxidation sites excluding steroid dienone is 1. The summed E-state index contributed by atoms with van der Waals surface area (Å²) in [6, 6.07) is 10.4. The summed E-state index contributed by atoms with van der Waals surface area (Å²) < 4.78 is 10.6. The van der Waals surface area contributed by atoms with Crippen molar-refractivity contribution in [3.63, 3.8) is 0 Å². The molecule has 2 saturated heterocycles. The zero-order valence-electron chi connectivity index (χ0n) is 27.7. The molecule has 3 unspecified atom stereocenters. The highest BCUT2D eigenvalue weighted by Gasteiger charge is 2.49. The zero-order valence-corrected chi connectivity index (χ0v) is 27.7. The van der Waals surface area contributed by atoms with Crippen LogP contribution in [0.5, 0.6) is 5.75 Å². The fraction of sp³-hybridized carbons (Fsp3) is 0.457. The maximum absolute atomic E-state index is 14.1. The molecule has 48 heavy (non-hydrogen) atoms. The van der Waals surface area contributed by atoms with E-state index in [1.165, 1.54) is 21.2 Å². The third-order valence-electron chi connectivity index (χ3n) is 10.4. The lowest BCUT2D eigenvalue weighted by molar-refractivity contribution is -0.140. The summed E-state index contributed by atoms with van der Waals surface area (Å²) in [7, 11) is 0. The summed E-state index contributed by atoms with van der Waals surface area (Å²) in [5.74, 6) is 0.316. The van der Waals surface area contributed by atoms with Gasteiger partial charge < -0.3 is 20.1 Å². The molecule has 4 aliphatic rings. The van der Waals surface area contributed by atoms with Crippen LogP contribution in [-0.2, 0) is 16.9 Å². The smallest absolute Gasteiger partial charge is 0.408 e. The molecule has 5 heterocycles. The van der Waals surface area contributed by atoms with Crippen LogP contribution in [0, 0.1) is 0 Å². The number of carbonyl (C=O) groups excluding carboxylic acids is 2. The number of carbonyl (C=O) groups is 3. The number of Topliss-reactive ketones (excluding diaryl/α,β-unsaturated/α-hetero) is 1. The number of hydrogen-bond acceptors (Lipinski definition) is 7. The number of benzene rings is 2. The first-order valence-corrected chi connectivity index (χ1v) is 16.4. The molecule has 2 fully saturated rings. The van der Waals surface area contributed by atoms with Crippen molar-refractivity contribution in [1.82, 2.24) is 29.0 Å². The lowest BCUT2D eigenvalue weighted by Crippen LogP contribution is -2.66. The van der Waals surface area contributed by atoms with Crippen molar-refractivity contribution >= 4 is 17.8 Å². The number of ketones is 1. The molecular formula is C35H40N6O7. The molecule has 0 radical (unpaired) electrons. The van der Waals surface area contributed by atoms with Gasteiger partial charge in [0.15, 0.2) is 5.78 Å². The first-order valence-electron chi connectivity index (χ1n) is 16.4. The Hall–Kier alpha value is -4.91. The first-order chi connectivity index (χ1) is 22.7. The Bertz CT molecular complexity index is 2000. The second-order valence-electron chi connectivity index (χ2n) is 14.0. The quantitative estimate of drug-likeness (QED) is 0.322. The van der Waals surface area contributed by atoms with E-state index in [4.69, 9.17) is 4.74 Å². The number of ether oxygens (including phenoxy) is 1. The summed E-state index contributed by atoms with van der Waals surface area (Å²) in [4.78, 5) is 69.1. The monoisotopic (exact) mass is 656 g/mol. The van der Waals surface area contributed by atoms with Crippen LogP contribution in [0.15, 0.2) is 63.7 Å². The maximum Gasteiger partial charge on any atom is 0.408 e. The number of hydrogen-bond donors (Lipinski definition) is 2. The molecule has 0 spiro atoms. The summed E-state index contributed by atoms with van der Waals surface area (Å²) in [6.45, 7) is 10.3. The van der Waals surface area contributed by atoms with Gasteiger partial charge >= 0.3 is 17.5 Å². The number of nitrogens with zero attached hydrogens (tertiary/aromatic N) is 5. The fourth-order valence-electron chi connectivity index (χ4n) is 8.11. The van der Waals surface area contributed by atoms with Crippen LogP contribution in [0.4, 0.5) is 4.79 Å². The van der Waals surface area contributed by atoms with Gasteiger partial charge in [-0.1, -0.05) is 18.2 Å². The number of nitrogens with one attached hydrogen (secondary N) is 1. The molecule has 4 atom stereocenters. The minimum Gasteiger partial charge on any atom is -0.483 e. The molecule has 0 bridgehead atoms. The molecule has 1 aromatic heterocycles. The van der Waals surface area contributed by atoms with Crippen LogP contribution in [0.2, 0.25) is 0 Å². The van der Waals surface area contributed by atoms with Crippen LogP contribution in [0.25, 0.3) is 5.69 Å². The van der Waals surface area contributed by atoms with Gasteiger partial charge in [-0.05, 0) is 95.5 Å². The van der Waals surface area contributed by atoms with E-state index >= 15 is 0 Å². The largest absolute Gasteiger partial charge is 0.483 e. The van der Waals surface area contributed by atoms with Crippen molar-refractivity contribution in [2.75, 3.05) is 19.6 Å². The highest BCUT2D eigenvalue weighted by Crippen LogP contribution is 2.48. The van der Waals surface area contributed by atoms with Gasteiger partial charge in [0.05, 0.1) is 29.9 Å². The van der Waals surface area contributed by atoms with Crippen LogP contribution in [0.1, 0.15) is 75.0 Å². The van der Waals surface area contributed by atoms with E-state index in [0.29, 0.717) is 34.7 Å². The van der Waals surface area contributed by atoms with Crippen LogP contribution < -0.4 is 21.4 Å². The van der Waals surface area contributed by atoms with Gasteiger partial charge in [-0.15, -0.1) is 0 Å². The fourth-order valence-corrected chi connectivity index (χ4v) is 8.11. The number of aromatic nitrogens is 3. The SMILES string of the molecule is CC(=O)c1ccc(-n2c(=O)n3n(c2=O)C2C(=CC3)C(C)(C)Oc3cc(C4(C)CN(C(=O)[C@@H]5CCCN5)CC(C)N4C(=O)O)ccc32)cc1. The van der Waals surface area contributed by atoms with Gasteiger partial charge in [-0.3, -0.25) is 14.5 Å². The normalized spacial score (nSPS) is 25.8. The molecule has 0 saturated carbocycles. The van der Waals surface area contributed by atoms with Crippen LogP contribution in [0.3, 0.4) is 0 Å². The summed E-state index contributed by atoms with van der Waals surface area (Å²) in [6.07, 6.45) is 2.50. The van der Waals surface area contributed by atoms with E-state index in [0.717, 1.165) is 29.5 Å². The summed E-state index contributed by atoms with van der Waals surface area (Å²) in [5, 5.41) is 13.7. The van der Waals surface area contributed by atoms with Gasteiger partial charge in [-0.25, -0.2) is 28.3 Å². The standard InChI is InChI=1S/C35H40N6O7/c1-20-18-37(30(43)27-7-6-15-36-27)19-35(5,40(20)33(46)47)23-10-13-25-28(17-23)48-34(3,4)26-14-16-38-31(44)39(32(45)41(38)29(25)26)24-11-8-22(9-12-24)21(2)42/h8-14,17,20,27,29,36H,6-7,15-16,18-19H2,1-5H3,(H,46,47)/t20?,27-,29?,35?/m0/s1. The third-order valence-corrected chi connectivity index (χ3v) is 10.4. The minimum absolute atomic E-state index is 0.0271. The van der Waals surface area contributed by atoms with Gasteiger partial charge in [0.1, 0.15) is 17.4 Å². The van der Waals surface area contributed by atoms with Crippen LogP contribution in [-0.4, -0.2) is 83.9 Å². The Labute approximate surface area is 277 Å². The van der Waals surface area contributed by atoms with E-state index in [9.17, 15) is 29.1 Å². The summed E-state index contributed by atoms with van der Waals surface area (Å²) in [5.41, 5.74) is -0.0496. The Morgan fingerprint density at radius 3 is 2.40 bits per heavy atom. The van der Waals surface area contributed by atoms with E-state index < -0.39 is 40.7 Å². The average Bonchev–Trinajstić information content (AvgIpc) is 3.66. The van der Waals surface area contributed by atoms with E-state index in [2.05, 4.69) is 5.32 Å². The maximum atomic E-state index is 14.1. The Kier molecular flexibility index (Phi) is 7.31. The van der Waals surface area contributed by atoms with E-state index in [1.54, 1.807) is 29.2 Å². The van der Waals surface area contributed by atoms with Gasteiger partial charge in [0.25, 0.3) is 0 Å². The van der Waals surface area contributed by atoms with Crippen molar-refractivity contribution < 1.29 is 24.2 Å². The van der Waals surface area contributed by atoms with Crippen molar-refractivity contribution in [1.29, 1.82) is 0 Å². The Balaban J connectivity index is 1.32. The third kappa shape index (κ3) is 4.74. The molecule has 7 rings (SSSR count). The molecule has 2 amide bonds. The average molecular weight is 657 g/mol. The van der Waals surface area contributed by atoms with Gasteiger partial charge in [0.2, 0.25) is 5.91 Å². The predicted molar refractivity (Wildman–Crippen MR) is 176 cm³/mol. The highest BCUT2D eigenvalue weighted by molar-refractivity contribution is 5.94. The lowest BCUT2D eigenvalue weighted by atomic mass is 9.80. The molecule has 13 nitrogen and oxygen atoms in total. The second-order valence-corrected chi connectivity index (χ2v) is 14.0. The molecular weight excluding hydrogens is 616 g/mol. The molecule has 2 aromatic carbocycles. The van der Waals surface area contributed by atoms with E-state index in [1.807, 2.05) is 52.0 Å². The second kappa shape index (κ2) is 11.1. The number of amides is 2. The van der Waals surface area contributed by atoms with Crippen LogP contribution >= 0.6 is 0 Å². The van der Waals surface area contributed by atoms with Crippen molar-refractivity contribution in [3.8, 4) is 11.4 Å². The summed E-state index contributed by atoms with van der Waals surface area (Å²) >= 11 is 0. The number of rotatable bonds is 4. The zero-order chi connectivity index (χ0) is 34.3. The number of fused-ring (bicyclic) bond motifs is 5. The van der Waals surface area contributed by atoms with Crippen molar-refractivity contribution in [3.05, 3.63) is 91.8 Å². The van der Waals surface area contributed by atoms with E-state index in [-0.39, 0.29) is 30.8 Å². The van der Waals surface area contributed by atoms with Gasteiger partial charge in [0, 0.05) is 24.2 Å². The molecule has 13 heteroatoms. The number of carboxylic acid groups (broad SMARTS) is 1. The highest BCUT2D eigenvalue weighted by atomic mass is 16.5. The predicted octanol–water partition coefficient (Wildman–Crippen LogP) is 2.88. The minimum atomic E-state index is -1.10. The number of piperazine rings is 1. The molecule has 4 aliphatic heterocycles. The Morgan fingerprint density at radius 2 is 1.75 bits per heavy atom. The molecule has 3 aromatic rings. The topological polar surface area (TPSA) is 148 Å². The van der Waals surface area contributed by atoms with Crippen molar-refractivity contribution in [2.24, 2.45) is 0 Å². The lowest BCUT2D eigenvalue weighted by Gasteiger charge is -2.52. The van der Waals surface area contributed by atoms with Gasteiger partial charge in [-0.2, -0.15) is 0 Å². The molecule has 2 N–H and O–H groups in total. The Morgan fingerprint density at radius 1 is 1.02 bits per heavy atom. The van der Waals surface area contributed by atoms with Crippen molar-refractivity contribution in [2.45, 2.75) is 83.3 Å². The molecule has 252 valence electrons. The first kappa shape index (κ1) is 31.7. The molecule has 0 aliphatic carbocycles.